The Morgan fingerprint density at radius 1 is 1.38 bits per heavy atom. The number of nitrogens with zero attached hydrogens (tertiary/aromatic N) is 3. The Labute approximate surface area is 125 Å². The average molecular weight is 286 g/mol. The van der Waals surface area contributed by atoms with Crippen molar-refractivity contribution in [3.8, 4) is 0 Å². The van der Waals surface area contributed by atoms with Gasteiger partial charge in [-0.25, -0.2) is 9.97 Å². The van der Waals surface area contributed by atoms with Crippen LogP contribution >= 0.6 is 0 Å². The maximum atomic E-state index is 5.52. The molecule has 0 spiro atoms. The summed E-state index contributed by atoms with van der Waals surface area (Å²) < 4.78 is 5.52. The van der Waals surface area contributed by atoms with Crippen LogP contribution in [-0.4, -0.2) is 23.1 Å². The van der Waals surface area contributed by atoms with Crippen molar-refractivity contribution in [1.82, 2.24) is 9.97 Å². The largest absolute Gasteiger partial charge is 0.467 e. The van der Waals surface area contributed by atoms with Gasteiger partial charge in [0.05, 0.1) is 12.8 Å². The highest BCUT2D eigenvalue weighted by Crippen LogP contribution is 2.35. The lowest BCUT2D eigenvalue weighted by Crippen LogP contribution is -2.27. The maximum absolute atomic E-state index is 5.52. The van der Waals surface area contributed by atoms with Crippen molar-refractivity contribution in [3.05, 3.63) is 35.5 Å². The molecule has 0 aromatic carbocycles. The summed E-state index contributed by atoms with van der Waals surface area (Å²) in [7, 11) is 1.91. The van der Waals surface area contributed by atoms with Crippen molar-refractivity contribution < 1.29 is 4.42 Å². The van der Waals surface area contributed by atoms with E-state index in [1.807, 2.05) is 19.2 Å². The Balaban J connectivity index is 1.98. The fourth-order valence-corrected chi connectivity index (χ4v) is 2.56. The molecule has 5 heteroatoms. The molecule has 0 saturated heterocycles. The summed E-state index contributed by atoms with van der Waals surface area (Å²) in [6, 6.07) is 4.52. The van der Waals surface area contributed by atoms with Gasteiger partial charge in [0.1, 0.15) is 23.2 Å². The molecule has 2 aromatic heterocycles. The summed E-state index contributed by atoms with van der Waals surface area (Å²) in [6.07, 6.45) is 5.01. The normalized spacial score (nSPS) is 14.2. The first-order valence-corrected chi connectivity index (χ1v) is 7.57. The number of aryl methyl sites for hydroxylation is 1. The smallest absolute Gasteiger partial charge is 0.138 e. The Kier molecular flexibility index (Phi) is 3.82. The summed E-state index contributed by atoms with van der Waals surface area (Å²) in [5.41, 5.74) is 1.10. The molecular formula is C16H22N4O. The number of hydrogen-bond donors (Lipinski definition) is 1. The highest BCUT2D eigenvalue weighted by Gasteiger charge is 2.32. The third-order valence-electron chi connectivity index (χ3n) is 3.89. The van der Waals surface area contributed by atoms with E-state index < -0.39 is 0 Å². The van der Waals surface area contributed by atoms with Gasteiger partial charge in [-0.15, -0.1) is 0 Å². The van der Waals surface area contributed by atoms with Gasteiger partial charge in [-0.3, -0.25) is 0 Å². The van der Waals surface area contributed by atoms with Gasteiger partial charge in [-0.05, 0) is 31.9 Å². The first-order valence-electron chi connectivity index (χ1n) is 7.57. The van der Waals surface area contributed by atoms with Crippen LogP contribution in [-0.2, 0) is 13.0 Å². The summed E-state index contributed by atoms with van der Waals surface area (Å²) in [6.45, 7) is 4.93. The zero-order chi connectivity index (χ0) is 14.8. The second-order valence-corrected chi connectivity index (χ2v) is 5.48. The monoisotopic (exact) mass is 286 g/mol. The molecule has 0 bridgehead atoms. The summed E-state index contributed by atoms with van der Waals surface area (Å²) in [4.78, 5) is 11.7. The first-order chi connectivity index (χ1) is 10.2. The summed E-state index contributed by atoms with van der Waals surface area (Å²) in [5.74, 6) is 3.81. The predicted molar refractivity (Wildman–Crippen MR) is 83.6 cm³/mol. The third-order valence-corrected chi connectivity index (χ3v) is 3.89. The van der Waals surface area contributed by atoms with Gasteiger partial charge in [0.25, 0.3) is 0 Å². The minimum atomic E-state index is 0.568. The Morgan fingerprint density at radius 3 is 2.76 bits per heavy atom. The van der Waals surface area contributed by atoms with Crippen molar-refractivity contribution in [3.63, 3.8) is 0 Å². The number of furan rings is 1. The SMILES string of the molecule is CCc1nc(NC)c(C)c(N(Cc2ccco2)C2CC2)n1. The average Bonchev–Trinajstić information content (AvgIpc) is 3.22. The molecule has 0 atom stereocenters. The van der Waals surface area contributed by atoms with Crippen molar-refractivity contribution in [2.24, 2.45) is 0 Å². The van der Waals surface area contributed by atoms with Crippen molar-refractivity contribution >= 4 is 11.6 Å². The molecule has 2 heterocycles. The Hall–Kier alpha value is -2.04. The van der Waals surface area contributed by atoms with Gasteiger partial charge in [0.2, 0.25) is 0 Å². The standard InChI is InChI=1S/C16H22N4O/c1-4-14-18-15(17-3)11(2)16(19-14)20(12-7-8-12)10-13-6-5-9-21-13/h5-6,9,12H,4,7-8,10H2,1-3H3,(H,17,18,19). The van der Waals surface area contributed by atoms with Crippen LogP contribution in [0.2, 0.25) is 0 Å². The summed E-state index contributed by atoms with van der Waals surface area (Å²) in [5, 5.41) is 3.18. The molecule has 21 heavy (non-hydrogen) atoms. The number of aromatic nitrogens is 2. The first kappa shape index (κ1) is 13.9. The van der Waals surface area contributed by atoms with E-state index in [0.717, 1.165) is 41.7 Å². The lowest BCUT2D eigenvalue weighted by atomic mass is 10.2. The molecule has 1 aliphatic rings. The van der Waals surface area contributed by atoms with Gasteiger partial charge in [-0.2, -0.15) is 0 Å². The third kappa shape index (κ3) is 2.86. The van der Waals surface area contributed by atoms with Crippen LogP contribution in [0.15, 0.2) is 22.8 Å². The van der Waals surface area contributed by atoms with Crippen LogP contribution in [0.4, 0.5) is 11.6 Å². The lowest BCUT2D eigenvalue weighted by Gasteiger charge is -2.25. The van der Waals surface area contributed by atoms with E-state index in [-0.39, 0.29) is 0 Å². The molecule has 0 aliphatic heterocycles. The molecule has 5 nitrogen and oxygen atoms in total. The fraction of sp³-hybridized carbons (Fsp3) is 0.500. The summed E-state index contributed by atoms with van der Waals surface area (Å²) >= 11 is 0. The van der Waals surface area contributed by atoms with E-state index >= 15 is 0 Å². The van der Waals surface area contributed by atoms with E-state index in [2.05, 4.69) is 29.0 Å². The number of anilines is 2. The van der Waals surface area contributed by atoms with Gasteiger partial charge >= 0.3 is 0 Å². The molecule has 2 aromatic rings. The molecule has 1 fully saturated rings. The van der Waals surface area contributed by atoms with Gasteiger partial charge in [-0.1, -0.05) is 6.92 Å². The zero-order valence-corrected chi connectivity index (χ0v) is 12.9. The molecule has 3 rings (SSSR count). The van der Waals surface area contributed by atoms with E-state index in [4.69, 9.17) is 9.40 Å². The molecule has 1 aliphatic carbocycles. The molecule has 0 amide bonds. The van der Waals surface area contributed by atoms with Crippen LogP contribution in [0.1, 0.15) is 36.9 Å². The quantitative estimate of drug-likeness (QED) is 0.884. The number of rotatable bonds is 6. The fourth-order valence-electron chi connectivity index (χ4n) is 2.56. The topological polar surface area (TPSA) is 54.2 Å². The molecule has 1 saturated carbocycles. The highest BCUT2D eigenvalue weighted by molar-refractivity contribution is 5.59. The molecule has 0 radical (unpaired) electrons. The molecule has 0 unspecified atom stereocenters. The maximum Gasteiger partial charge on any atom is 0.138 e. The van der Waals surface area contributed by atoms with E-state index in [9.17, 15) is 0 Å². The molecule has 1 N–H and O–H groups in total. The van der Waals surface area contributed by atoms with Crippen LogP contribution in [0.3, 0.4) is 0 Å². The van der Waals surface area contributed by atoms with Crippen molar-refractivity contribution in [2.75, 3.05) is 17.3 Å². The zero-order valence-electron chi connectivity index (χ0n) is 12.9. The van der Waals surface area contributed by atoms with Crippen LogP contribution in [0.25, 0.3) is 0 Å². The number of nitrogens with one attached hydrogen (secondary N) is 1. The minimum absolute atomic E-state index is 0.568. The molecular weight excluding hydrogens is 264 g/mol. The van der Waals surface area contributed by atoms with Crippen LogP contribution in [0.5, 0.6) is 0 Å². The predicted octanol–water partition coefficient (Wildman–Crippen LogP) is 3.15. The van der Waals surface area contributed by atoms with Crippen LogP contribution in [0, 0.1) is 6.92 Å². The lowest BCUT2D eigenvalue weighted by molar-refractivity contribution is 0.499. The van der Waals surface area contributed by atoms with Gasteiger partial charge < -0.3 is 14.6 Å². The van der Waals surface area contributed by atoms with Gasteiger partial charge in [0.15, 0.2) is 0 Å². The van der Waals surface area contributed by atoms with Crippen molar-refractivity contribution in [1.29, 1.82) is 0 Å². The van der Waals surface area contributed by atoms with Crippen molar-refractivity contribution in [2.45, 2.75) is 45.7 Å². The Bertz CT molecular complexity index is 605. The minimum Gasteiger partial charge on any atom is -0.467 e. The van der Waals surface area contributed by atoms with E-state index in [0.29, 0.717) is 6.04 Å². The molecule has 112 valence electrons. The second-order valence-electron chi connectivity index (χ2n) is 5.48. The van der Waals surface area contributed by atoms with Gasteiger partial charge in [0, 0.05) is 25.1 Å². The number of hydrogen-bond acceptors (Lipinski definition) is 5. The van der Waals surface area contributed by atoms with E-state index in [1.165, 1.54) is 12.8 Å². The van der Waals surface area contributed by atoms with Crippen LogP contribution < -0.4 is 10.2 Å². The van der Waals surface area contributed by atoms with E-state index in [1.54, 1.807) is 6.26 Å². The second kappa shape index (κ2) is 5.76. The Morgan fingerprint density at radius 2 is 2.19 bits per heavy atom. The highest BCUT2D eigenvalue weighted by atomic mass is 16.3.